The van der Waals surface area contributed by atoms with E-state index in [1.54, 1.807) is 6.92 Å². The fraction of sp³-hybridized carbons (Fsp3) is 0.750. The molecule has 2 heterocycles. The lowest BCUT2D eigenvalue weighted by Crippen LogP contribution is -2.22. The number of aromatic nitrogens is 3. The summed E-state index contributed by atoms with van der Waals surface area (Å²) in [5.74, 6) is 1.37. The van der Waals surface area contributed by atoms with E-state index in [0.29, 0.717) is 18.1 Å². The van der Waals surface area contributed by atoms with Crippen LogP contribution >= 0.6 is 0 Å². The van der Waals surface area contributed by atoms with Crippen LogP contribution in [0.1, 0.15) is 36.2 Å². The zero-order chi connectivity index (χ0) is 10.2. The minimum atomic E-state index is -3.01. The Morgan fingerprint density at radius 2 is 2.21 bits per heavy atom. The highest BCUT2D eigenvalue weighted by Gasteiger charge is 2.32. The molecule has 0 radical (unpaired) electrons. The molecule has 0 bridgehead atoms. The zero-order valence-electron chi connectivity index (χ0n) is 8.02. The van der Waals surface area contributed by atoms with Crippen LogP contribution in [-0.2, 0) is 9.84 Å². The molecule has 1 aliphatic heterocycles. The van der Waals surface area contributed by atoms with Gasteiger partial charge < -0.3 is 0 Å². The number of nitrogens with zero attached hydrogens (tertiary/aromatic N) is 2. The van der Waals surface area contributed by atoms with Crippen LogP contribution < -0.4 is 0 Å². The maximum absolute atomic E-state index is 11.7. The van der Waals surface area contributed by atoms with Crippen LogP contribution in [-0.4, -0.2) is 29.4 Å². The maximum atomic E-state index is 11.7. The Kier molecular flexibility index (Phi) is 2.30. The maximum Gasteiger partial charge on any atom is 0.168 e. The Hall–Kier alpha value is -0.910. The van der Waals surface area contributed by atoms with Gasteiger partial charge in [0.15, 0.2) is 15.7 Å². The Balaban J connectivity index is 2.33. The normalized spacial score (nSPS) is 26.2. The highest BCUT2D eigenvalue weighted by Crippen LogP contribution is 2.30. The van der Waals surface area contributed by atoms with Gasteiger partial charge in [-0.05, 0) is 19.8 Å². The summed E-state index contributed by atoms with van der Waals surface area (Å²) in [6, 6.07) is 0. The fourth-order valence-corrected chi connectivity index (χ4v) is 3.59. The molecule has 1 fully saturated rings. The summed E-state index contributed by atoms with van der Waals surface area (Å²) in [4.78, 5) is 4.08. The summed E-state index contributed by atoms with van der Waals surface area (Å²) >= 11 is 0. The van der Waals surface area contributed by atoms with Gasteiger partial charge in [-0.2, -0.15) is 5.10 Å². The van der Waals surface area contributed by atoms with Crippen molar-refractivity contribution in [3.05, 3.63) is 11.6 Å². The van der Waals surface area contributed by atoms with Gasteiger partial charge in [0.1, 0.15) is 11.1 Å². The second kappa shape index (κ2) is 3.34. The molecule has 1 aromatic heterocycles. The van der Waals surface area contributed by atoms with E-state index in [0.717, 1.165) is 12.8 Å². The van der Waals surface area contributed by atoms with Crippen LogP contribution in [0.5, 0.6) is 0 Å². The third-order valence-corrected chi connectivity index (χ3v) is 4.65. The first-order chi connectivity index (χ1) is 6.59. The first-order valence-corrected chi connectivity index (χ1v) is 6.41. The minimum absolute atomic E-state index is 0.269. The third kappa shape index (κ3) is 1.66. The molecule has 1 atom stereocenters. The lowest BCUT2D eigenvalue weighted by Gasteiger charge is -2.19. The molecule has 78 valence electrons. The van der Waals surface area contributed by atoms with E-state index in [1.807, 2.05) is 0 Å². The van der Waals surface area contributed by atoms with Gasteiger partial charge in [0.25, 0.3) is 0 Å². The zero-order valence-corrected chi connectivity index (χ0v) is 8.84. The molecule has 6 heteroatoms. The van der Waals surface area contributed by atoms with Gasteiger partial charge in [0.2, 0.25) is 0 Å². The SMILES string of the molecule is Cc1nc(C2CCCCS2(=O)=O)n[nH]1. The molecular weight excluding hydrogens is 202 g/mol. The van der Waals surface area contributed by atoms with Gasteiger partial charge in [-0.15, -0.1) is 0 Å². The Morgan fingerprint density at radius 1 is 1.43 bits per heavy atom. The minimum Gasteiger partial charge on any atom is -0.263 e. The Labute approximate surface area is 82.9 Å². The highest BCUT2D eigenvalue weighted by molar-refractivity contribution is 7.91. The summed E-state index contributed by atoms with van der Waals surface area (Å²) in [7, 11) is -3.01. The topological polar surface area (TPSA) is 75.7 Å². The molecule has 0 aromatic carbocycles. The first kappa shape index (κ1) is 9.64. The van der Waals surface area contributed by atoms with Crippen LogP contribution in [0.2, 0.25) is 0 Å². The van der Waals surface area contributed by atoms with Crippen molar-refractivity contribution in [1.29, 1.82) is 0 Å². The predicted octanol–water partition coefficient (Wildman–Crippen LogP) is 0.753. The molecule has 0 saturated carbocycles. The molecule has 0 aliphatic carbocycles. The number of nitrogens with one attached hydrogen (secondary N) is 1. The quantitative estimate of drug-likeness (QED) is 0.750. The summed E-state index contributed by atoms with van der Waals surface area (Å²) in [5.41, 5.74) is 0. The van der Waals surface area contributed by atoms with E-state index < -0.39 is 15.1 Å². The van der Waals surface area contributed by atoms with Gasteiger partial charge >= 0.3 is 0 Å². The average Bonchev–Trinajstić information content (AvgIpc) is 2.51. The van der Waals surface area contributed by atoms with Crippen molar-refractivity contribution in [1.82, 2.24) is 15.2 Å². The predicted molar refractivity (Wildman–Crippen MR) is 51.5 cm³/mol. The van der Waals surface area contributed by atoms with Gasteiger partial charge in [-0.25, -0.2) is 13.4 Å². The number of rotatable bonds is 1. The van der Waals surface area contributed by atoms with E-state index in [2.05, 4.69) is 15.2 Å². The summed E-state index contributed by atoms with van der Waals surface area (Å²) < 4.78 is 23.4. The van der Waals surface area contributed by atoms with Gasteiger partial charge in [0, 0.05) is 0 Å². The molecule has 1 saturated heterocycles. The van der Waals surface area contributed by atoms with Crippen molar-refractivity contribution in [2.45, 2.75) is 31.4 Å². The number of hydrogen-bond donors (Lipinski definition) is 1. The van der Waals surface area contributed by atoms with Crippen LogP contribution in [0, 0.1) is 6.92 Å². The number of sulfone groups is 1. The summed E-state index contributed by atoms with van der Waals surface area (Å²) in [6.45, 7) is 1.77. The molecular formula is C8H13N3O2S. The molecule has 14 heavy (non-hydrogen) atoms. The molecule has 1 N–H and O–H groups in total. The number of H-pyrrole nitrogens is 1. The van der Waals surface area contributed by atoms with Crippen LogP contribution in [0.3, 0.4) is 0 Å². The smallest absolute Gasteiger partial charge is 0.168 e. The number of aromatic amines is 1. The van der Waals surface area contributed by atoms with Gasteiger partial charge in [-0.3, -0.25) is 5.10 Å². The Bertz CT molecular complexity index is 424. The van der Waals surface area contributed by atoms with E-state index in [-0.39, 0.29) is 5.75 Å². The second-order valence-electron chi connectivity index (χ2n) is 3.63. The number of aryl methyl sites for hydroxylation is 1. The lowest BCUT2D eigenvalue weighted by molar-refractivity contribution is 0.539. The van der Waals surface area contributed by atoms with Gasteiger partial charge in [-0.1, -0.05) is 6.42 Å². The average molecular weight is 215 g/mol. The van der Waals surface area contributed by atoms with Crippen molar-refractivity contribution < 1.29 is 8.42 Å². The van der Waals surface area contributed by atoms with Crippen molar-refractivity contribution in [3.63, 3.8) is 0 Å². The van der Waals surface area contributed by atoms with Gasteiger partial charge in [0.05, 0.1) is 5.75 Å². The lowest BCUT2D eigenvalue weighted by atomic mass is 10.2. The second-order valence-corrected chi connectivity index (χ2v) is 5.93. The van der Waals surface area contributed by atoms with E-state index in [4.69, 9.17) is 0 Å². The standard InChI is InChI=1S/C8H13N3O2S/c1-6-9-8(11-10-6)7-4-2-3-5-14(7,12)13/h7H,2-5H2,1H3,(H,9,10,11). The van der Waals surface area contributed by atoms with Crippen LogP contribution in [0.15, 0.2) is 0 Å². The molecule has 1 unspecified atom stereocenters. The fourth-order valence-electron chi connectivity index (χ4n) is 1.75. The first-order valence-electron chi connectivity index (χ1n) is 4.70. The van der Waals surface area contributed by atoms with E-state index >= 15 is 0 Å². The van der Waals surface area contributed by atoms with Crippen molar-refractivity contribution in [2.24, 2.45) is 0 Å². The summed E-state index contributed by atoms with van der Waals surface area (Å²) in [5, 5.41) is 6.11. The van der Waals surface area contributed by atoms with Crippen LogP contribution in [0.25, 0.3) is 0 Å². The molecule has 0 amide bonds. The molecule has 0 spiro atoms. The third-order valence-electron chi connectivity index (χ3n) is 2.48. The summed E-state index contributed by atoms with van der Waals surface area (Å²) in [6.07, 6.45) is 2.36. The number of hydrogen-bond acceptors (Lipinski definition) is 4. The van der Waals surface area contributed by atoms with E-state index in [9.17, 15) is 8.42 Å². The largest absolute Gasteiger partial charge is 0.263 e. The van der Waals surface area contributed by atoms with E-state index in [1.165, 1.54) is 0 Å². The van der Waals surface area contributed by atoms with Crippen LogP contribution in [0.4, 0.5) is 0 Å². The molecule has 2 rings (SSSR count). The highest BCUT2D eigenvalue weighted by atomic mass is 32.2. The van der Waals surface area contributed by atoms with Crippen molar-refractivity contribution in [2.75, 3.05) is 5.75 Å². The van der Waals surface area contributed by atoms with Crippen molar-refractivity contribution in [3.8, 4) is 0 Å². The monoisotopic (exact) mass is 215 g/mol. The molecule has 1 aromatic rings. The molecule has 1 aliphatic rings. The van der Waals surface area contributed by atoms with Crippen molar-refractivity contribution >= 4 is 9.84 Å². The Morgan fingerprint density at radius 3 is 2.79 bits per heavy atom. The molecule has 5 nitrogen and oxygen atoms in total.